The minimum Gasteiger partial charge on any atom is -0.352 e. The SMILES string of the molecule is CC1CCC(CNC(=O)c2cnc(Cl)c3ccccc23)C1. The molecule has 0 spiro atoms. The molecule has 4 heteroatoms. The summed E-state index contributed by atoms with van der Waals surface area (Å²) in [7, 11) is 0. The Kier molecular flexibility index (Phi) is 4.11. The standard InChI is InChI=1S/C17H19ClN2O/c1-11-6-7-12(8-11)9-20-17(21)15-10-19-16(18)14-5-3-2-4-13(14)15/h2-5,10-12H,6-9H2,1H3,(H,20,21). The number of pyridine rings is 1. The summed E-state index contributed by atoms with van der Waals surface area (Å²) >= 11 is 6.09. The summed E-state index contributed by atoms with van der Waals surface area (Å²) in [6.07, 6.45) is 5.25. The average molecular weight is 303 g/mol. The Balaban J connectivity index is 1.77. The largest absolute Gasteiger partial charge is 0.352 e. The number of fused-ring (bicyclic) bond motifs is 1. The van der Waals surface area contributed by atoms with Crippen LogP contribution in [0.3, 0.4) is 0 Å². The van der Waals surface area contributed by atoms with Gasteiger partial charge in [0, 0.05) is 18.1 Å². The van der Waals surface area contributed by atoms with Gasteiger partial charge >= 0.3 is 0 Å². The molecular weight excluding hydrogens is 284 g/mol. The van der Waals surface area contributed by atoms with E-state index in [0.29, 0.717) is 16.6 Å². The zero-order valence-corrected chi connectivity index (χ0v) is 12.9. The predicted octanol–water partition coefficient (Wildman–Crippen LogP) is 4.05. The van der Waals surface area contributed by atoms with E-state index in [1.54, 1.807) is 6.20 Å². The molecule has 0 aliphatic heterocycles. The monoisotopic (exact) mass is 302 g/mol. The first-order chi connectivity index (χ1) is 10.1. The first-order valence-electron chi connectivity index (χ1n) is 7.46. The van der Waals surface area contributed by atoms with Crippen molar-refractivity contribution in [2.45, 2.75) is 26.2 Å². The average Bonchev–Trinajstić information content (AvgIpc) is 2.91. The van der Waals surface area contributed by atoms with Crippen LogP contribution < -0.4 is 5.32 Å². The van der Waals surface area contributed by atoms with Crippen LogP contribution >= 0.6 is 11.6 Å². The van der Waals surface area contributed by atoms with Gasteiger partial charge in [-0.1, -0.05) is 49.2 Å². The number of rotatable bonds is 3. The predicted molar refractivity (Wildman–Crippen MR) is 85.6 cm³/mol. The third-order valence-electron chi connectivity index (χ3n) is 4.35. The van der Waals surface area contributed by atoms with Crippen LogP contribution in [0.2, 0.25) is 5.15 Å². The fourth-order valence-corrected chi connectivity index (χ4v) is 3.40. The molecule has 0 bridgehead atoms. The molecule has 0 saturated heterocycles. The summed E-state index contributed by atoms with van der Waals surface area (Å²) in [5.74, 6) is 1.33. The highest BCUT2D eigenvalue weighted by Crippen LogP contribution is 2.30. The zero-order chi connectivity index (χ0) is 14.8. The minimum atomic E-state index is -0.0603. The van der Waals surface area contributed by atoms with Gasteiger partial charge in [0.05, 0.1) is 5.56 Å². The second kappa shape index (κ2) is 6.02. The lowest BCUT2D eigenvalue weighted by Crippen LogP contribution is -2.28. The maximum atomic E-state index is 12.4. The highest BCUT2D eigenvalue weighted by atomic mass is 35.5. The van der Waals surface area contributed by atoms with Gasteiger partial charge in [-0.25, -0.2) is 4.98 Å². The van der Waals surface area contributed by atoms with Crippen molar-refractivity contribution in [3.63, 3.8) is 0 Å². The molecule has 2 unspecified atom stereocenters. The number of benzene rings is 1. The van der Waals surface area contributed by atoms with Gasteiger partial charge in [0.25, 0.3) is 5.91 Å². The molecule has 110 valence electrons. The highest BCUT2D eigenvalue weighted by molar-refractivity contribution is 6.34. The van der Waals surface area contributed by atoms with Gasteiger partial charge in [-0.05, 0) is 30.1 Å². The van der Waals surface area contributed by atoms with Crippen molar-refractivity contribution in [2.24, 2.45) is 11.8 Å². The lowest BCUT2D eigenvalue weighted by Gasteiger charge is -2.12. The number of carbonyl (C=O) groups is 1. The molecule has 21 heavy (non-hydrogen) atoms. The molecule has 0 radical (unpaired) electrons. The summed E-state index contributed by atoms with van der Waals surface area (Å²) in [5, 5.41) is 5.16. The van der Waals surface area contributed by atoms with Crippen molar-refractivity contribution in [1.29, 1.82) is 0 Å². The molecule has 1 aliphatic carbocycles. The lowest BCUT2D eigenvalue weighted by molar-refractivity contribution is 0.0948. The number of nitrogens with zero attached hydrogens (tertiary/aromatic N) is 1. The van der Waals surface area contributed by atoms with Crippen LogP contribution in [0, 0.1) is 11.8 Å². The summed E-state index contributed by atoms with van der Waals surface area (Å²) in [5.41, 5.74) is 0.598. The fourth-order valence-electron chi connectivity index (χ4n) is 3.18. The maximum absolute atomic E-state index is 12.4. The number of aromatic nitrogens is 1. The van der Waals surface area contributed by atoms with E-state index in [0.717, 1.165) is 23.2 Å². The number of halogens is 1. The van der Waals surface area contributed by atoms with E-state index < -0.39 is 0 Å². The van der Waals surface area contributed by atoms with E-state index in [-0.39, 0.29) is 5.91 Å². The summed E-state index contributed by atoms with van der Waals surface area (Å²) < 4.78 is 0. The molecule has 2 aromatic rings. The van der Waals surface area contributed by atoms with Crippen molar-refractivity contribution in [3.05, 3.63) is 41.2 Å². The van der Waals surface area contributed by atoms with Crippen molar-refractivity contribution >= 4 is 28.3 Å². The van der Waals surface area contributed by atoms with E-state index >= 15 is 0 Å². The zero-order valence-electron chi connectivity index (χ0n) is 12.1. The second-order valence-corrected chi connectivity index (χ2v) is 6.36. The van der Waals surface area contributed by atoms with Crippen LogP contribution in [0.4, 0.5) is 0 Å². The molecule has 1 N–H and O–H groups in total. The van der Waals surface area contributed by atoms with Crippen molar-refractivity contribution in [2.75, 3.05) is 6.54 Å². The van der Waals surface area contributed by atoms with Gasteiger partial charge in [0.1, 0.15) is 5.15 Å². The number of hydrogen-bond donors (Lipinski definition) is 1. The molecule has 2 atom stereocenters. The molecule has 3 rings (SSSR count). The summed E-state index contributed by atoms with van der Waals surface area (Å²) in [6, 6.07) is 7.61. The van der Waals surface area contributed by atoms with Crippen molar-refractivity contribution in [3.8, 4) is 0 Å². The first kappa shape index (κ1) is 14.3. The van der Waals surface area contributed by atoms with Crippen LogP contribution in [-0.2, 0) is 0 Å². The summed E-state index contributed by atoms with van der Waals surface area (Å²) in [4.78, 5) is 16.5. The Morgan fingerprint density at radius 3 is 2.81 bits per heavy atom. The van der Waals surface area contributed by atoms with E-state index in [1.807, 2.05) is 24.3 Å². The summed E-state index contributed by atoms with van der Waals surface area (Å²) in [6.45, 7) is 3.03. The topological polar surface area (TPSA) is 42.0 Å². The van der Waals surface area contributed by atoms with Gasteiger partial charge in [-0.2, -0.15) is 0 Å². The number of amides is 1. The van der Waals surface area contributed by atoms with Crippen LogP contribution in [-0.4, -0.2) is 17.4 Å². The van der Waals surface area contributed by atoms with Crippen molar-refractivity contribution < 1.29 is 4.79 Å². The smallest absolute Gasteiger partial charge is 0.253 e. The van der Waals surface area contributed by atoms with Gasteiger partial charge in [0.2, 0.25) is 0 Å². The lowest BCUT2D eigenvalue weighted by atomic mass is 10.1. The Morgan fingerprint density at radius 1 is 1.33 bits per heavy atom. The normalized spacial score (nSPS) is 21.6. The third kappa shape index (κ3) is 3.03. The molecule has 3 nitrogen and oxygen atoms in total. The van der Waals surface area contributed by atoms with E-state index in [4.69, 9.17) is 11.6 Å². The van der Waals surface area contributed by atoms with Crippen LogP contribution in [0.5, 0.6) is 0 Å². The Labute approximate surface area is 129 Å². The van der Waals surface area contributed by atoms with E-state index in [9.17, 15) is 4.79 Å². The van der Waals surface area contributed by atoms with Crippen molar-refractivity contribution in [1.82, 2.24) is 10.3 Å². The molecule has 1 aromatic carbocycles. The highest BCUT2D eigenvalue weighted by Gasteiger charge is 2.22. The first-order valence-corrected chi connectivity index (χ1v) is 7.84. The van der Waals surface area contributed by atoms with Gasteiger partial charge < -0.3 is 5.32 Å². The molecule has 1 aromatic heterocycles. The van der Waals surface area contributed by atoms with E-state index in [1.165, 1.54) is 19.3 Å². The van der Waals surface area contributed by atoms with E-state index in [2.05, 4.69) is 17.2 Å². The fraction of sp³-hybridized carbons (Fsp3) is 0.412. The molecule has 1 aliphatic rings. The van der Waals surface area contributed by atoms with Crippen LogP contribution in [0.25, 0.3) is 10.8 Å². The number of hydrogen-bond acceptors (Lipinski definition) is 2. The Hall–Kier alpha value is -1.61. The third-order valence-corrected chi connectivity index (χ3v) is 4.65. The minimum absolute atomic E-state index is 0.0603. The Morgan fingerprint density at radius 2 is 2.10 bits per heavy atom. The second-order valence-electron chi connectivity index (χ2n) is 6.00. The molecule has 1 heterocycles. The maximum Gasteiger partial charge on any atom is 0.253 e. The molecule has 1 fully saturated rings. The molecular formula is C17H19ClN2O. The molecule has 1 saturated carbocycles. The Bertz CT molecular complexity index is 671. The van der Waals surface area contributed by atoms with Crippen LogP contribution in [0.1, 0.15) is 36.5 Å². The quantitative estimate of drug-likeness (QED) is 0.869. The number of nitrogens with one attached hydrogen (secondary N) is 1. The number of carbonyl (C=O) groups excluding carboxylic acids is 1. The van der Waals surface area contributed by atoms with Gasteiger partial charge in [-0.3, -0.25) is 4.79 Å². The molecule has 1 amide bonds. The van der Waals surface area contributed by atoms with Gasteiger partial charge in [0.15, 0.2) is 0 Å². The van der Waals surface area contributed by atoms with Gasteiger partial charge in [-0.15, -0.1) is 0 Å². The van der Waals surface area contributed by atoms with Crippen LogP contribution in [0.15, 0.2) is 30.5 Å².